The standard InChI is InChI=1S/C10H19NO2/c1(9-2-5-12-7-9)4-11-10-3-6-13-8-10/h9-11H,1-8H2. The minimum absolute atomic E-state index is 0.613. The van der Waals surface area contributed by atoms with Crippen LogP contribution in [0.2, 0.25) is 0 Å². The monoisotopic (exact) mass is 185 g/mol. The van der Waals surface area contributed by atoms with E-state index in [4.69, 9.17) is 9.47 Å². The lowest BCUT2D eigenvalue weighted by Gasteiger charge is -2.12. The quantitative estimate of drug-likeness (QED) is 0.702. The summed E-state index contributed by atoms with van der Waals surface area (Å²) in [6.07, 6.45) is 3.69. The molecule has 0 amide bonds. The lowest BCUT2D eigenvalue weighted by Crippen LogP contribution is -2.31. The molecule has 0 aromatic carbocycles. The summed E-state index contributed by atoms with van der Waals surface area (Å²) in [5, 5.41) is 3.53. The third-order valence-corrected chi connectivity index (χ3v) is 2.94. The molecule has 2 aliphatic heterocycles. The Balaban J connectivity index is 1.52. The third-order valence-electron chi connectivity index (χ3n) is 2.94. The van der Waals surface area contributed by atoms with Gasteiger partial charge in [-0.2, -0.15) is 0 Å². The van der Waals surface area contributed by atoms with E-state index < -0.39 is 0 Å². The van der Waals surface area contributed by atoms with Crippen molar-refractivity contribution in [2.24, 2.45) is 5.92 Å². The van der Waals surface area contributed by atoms with Crippen LogP contribution in [0.3, 0.4) is 0 Å². The first-order valence-corrected chi connectivity index (χ1v) is 5.34. The molecule has 0 radical (unpaired) electrons. The second kappa shape index (κ2) is 4.94. The van der Waals surface area contributed by atoms with Crippen LogP contribution in [0.4, 0.5) is 0 Å². The summed E-state index contributed by atoms with van der Waals surface area (Å²) in [5.41, 5.74) is 0. The van der Waals surface area contributed by atoms with E-state index in [0.717, 1.165) is 38.9 Å². The lowest BCUT2D eigenvalue weighted by molar-refractivity contribution is 0.182. The molecule has 0 bridgehead atoms. The average Bonchev–Trinajstić information content (AvgIpc) is 2.75. The zero-order valence-electron chi connectivity index (χ0n) is 8.13. The Morgan fingerprint density at radius 2 is 1.92 bits per heavy atom. The average molecular weight is 185 g/mol. The highest BCUT2D eigenvalue weighted by atomic mass is 16.5. The van der Waals surface area contributed by atoms with Crippen LogP contribution in [0.15, 0.2) is 0 Å². The minimum atomic E-state index is 0.613. The van der Waals surface area contributed by atoms with Crippen molar-refractivity contribution in [1.82, 2.24) is 5.32 Å². The van der Waals surface area contributed by atoms with E-state index in [2.05, 4.69) is 5.32 Å². The fraction of sp³-hybridized carbons (Fsp3) is 1.00. The lowest BCUT2D eigenvalue weighted by atomic mass is 10.1. The van der Waals surface area contributed by atoms with Crippen molar-refractivity contribution in [3.63, 3.8) is 0 Å². The van der Waals surface area contributed by atoms with Gasteiger partial charge in [0, 0.05) is 25.9 Å². The number of hydrogen-bond acceptors (Lipinski definition) is 3. The number of rotatable bonds is 4. The van der Waals surface area contributed by atoms with Gasteiger partial charge in [0.15, 0.2) is 0 Å². The molecule has 2 saturated heterocycles. The number of nitrogens with one attached hydrogen (secondary N) is 1. The van der Waals surface area contributed by atoms with Gasteiger partial charge in [0.2, 0.25) is 0 Å². The molecular weight excluding hydrogens is 166 g/mol. The van der Waals surface area contributed by atoms with E-state index >= 15 is 0 Å². The second-order valence-corrected chi connectivity index (χ2v) is 4.03. The van der Waals surface area contributed by atoms with Crippen LogP contribution in [-0.2, 0) is 9.47 Å². The summed E-state index contributed by atoms with van der Waals surface area (Å²) >= 11 is 0. The molecule has 2 unspecified atom stereocenters. The highest BCUT2D eigenvalue weighted by molar-refractivity contribution is 4.72. The molecule has 2 rings (SSSR count). The summed E-state index contributed by atoms with van der Waals surface area (Å²) in [6, 6.07) is 0.613. The van der Waals surface area contributed by atoms with E-state index in [1.165, 1.54) is 19.3 Å². The van der Waals surface area contributed by atoms with Gasteiger partial charge < -0.3 is 14.8 Å². The van der Waals surface area contributed by atoms with E-state index in [-0.39, 0.29) is 0 Å². The van der Waals surface area contributed by atoms with E-state index in [9.17, 15) is 0 Å². The third kappa shape index (κ3) is 2.93. The molecule has 2 heterocycles. The van der Waals surface area contributed by atoms with Crippen molar-refractivity contribution < 1.29 is 9.47 Å². The second-order valence-electron chi connectivity index (χ2n) is 4.03. The van der Waals surface area contributed by atoms with Gasteiger partial charge in [-0.15, -0.1) is 0 Å². The van der Waals surface area contributed by atoms with Crippen molar-refractivity contribution in [2.45, 2.75) is 25.3 Å². The predicted molar refractivity (Wildman–Crippen MR) is 50.8 cm³/mol. The molecule has 0 spiro atoms. The molecule has 2 atom stereocenters. The SMILES string of the molecule is C(CC1CCOC1)NC1CCOC1. The Labute approximate surface area is 79.8 Å². The van der Waals surface area contributed by atoms with E-state index in [0.29, 0.717) is 6.04 Å². The summed E-state index contributed by atoms with van der Waals surface area (Å²) in [6.45, 7) is 4.91. The fourth-order valence-electron chi connectivity index (χ4n) is 2.00. The summed E-state index contributed by atoms with van der Waals surface area (Å²) in [5.74, 6) is 0.801. The molecule has 3 nitrogen and oxygen atoms in total. The maximum Gasteiger partial charge on any atom is 0.0620 e. The maximum atomic E-state index is 5.33. The Morgan fingerprint density at radius 1 is 1.08 bits per heavy atom. The number of ether oxygens (including phenoxy) is 2. The van der Waals surface area contributed by atoms with Gasteiger partial charge in [-0.25, -0.2) is 0 Å². The molecule has 0 aliphatic carbocycles. The van der Waals surface area contributed by atoms with Crippen molar-refractivity contribution in [1.29, 1.82) is 0 Å². The normalized spacial score (nSPS) is 34.2. The van der Waals surface area contributed by atoms with Crippen LogP contribution in [-0.4, -0.2) is 39.0 Å². The predicted octanol–water partition coefficient (Wildman–Crippen LogP) is 0.792. The Morgan fingerprint density at radius 3 is 2.62 bits per heavy atom. The first-order valence-electron chi connectivity index (χ1n) is 5.34. The topological polar surface area (TPSA) is 30.5 Å². The van der Waals surface area contributed by atoms with Gasteiger partial charge in [-0.05, 0) is 31.7 Å². The van der Waals surface area contributed by atoms with Gasteiger partial charge in [0.1, 0.15) is 0 Å². The highest BCUT2D eigenvalue weighted by Gasteiger charge is 2.17. The molecular formula is C10H19NO2. The number of hydrogen-bond donors (Lipinski definition) is 1. The summed E-state index contributed by atoms with van der Waals surface area (Å²) < 4.78 is 10.6. The van der Waals surface area contributed by atoms with Crippen LogP contribution in [0.5, 0.6) is 0 Å². The summed E-state index contributed by atoms with van der Waals surface area (Å²) in [4.78, 5) is 0. The molecule has 2 aliphatic rings. The Bertz CT molecular complexity index is 124. The van der Waals surface area contributed by atoms with Crippen LogP contribution >= 0.6 is 0 Å². The molecule has 2 fully saturated rings. The molecule has 13 heavy (non-hydrogen) atoms. The van der Waals surface area contributed by atoms with Gasteiger partial charge in [-0.1, -0.05) is 0 Å². The molecule has 1 N–H and O–H groups in total. The van der Waals surface area contributed by atoms with Gasteiger partial charge >= 0.3 is 0 Å². The molecule has 0 aromatic heterocycles. The Hall–Kier alpha value is -0.120. The van der Waals surface area contributed by atoms with Crippen LogP contribution in [0.1, 0.15) is 19.3 Å². The fourth-order valence-corrected chi connectivity index (χ4v) is 2.00. The van der Waals surface area contributed by atoms with Gasteiger partial charge in [0.25, 0.3) is 0 Å². The largest absolute Gasteiger partial charge is 0.381 e. The van der Waals surface area contributed by atoms with E-state index in [1.807, 2.05) is 0 Å². The van der Waals surface area contributed by atoms with Crippen molar-refractivity contribution in [3.8, 4) is 0 Å². The van der Waals surface area contributed by atoms with Gasteiger partial charge in [0.05, 0.1) is 6.61 Å². The van der Waals surface area contributed by atoms with Crippen LogP contribution in [0, 0.1) is 5.92 Å². The van der Waals surface area contributed by atoms with E-state index in [1.54, 1.807) is 0 Å². The molecule has 0 aromatic rings. The van der Waals surface area contributed by atoms with Crippen LogP contribution in [0.25, 0.3) is 0 Å². The van der Waals surface area contributed by atoms with Gasteiger partial charge in [-0.3, -0.25) is 0 Å². The zero-order valence-corrected chi connectivity index (χ0v) is 8.13. The smallest absolute Gasteiger partial charge is 0.0620 e. The van der Waals surface area contributed by atoms with Crippen molar-refractivity contribution in [3.05, 3.63) is 0 Å². The first kappa shape index (κ1) is 9.44. The Kier molecular flexibility index (Phi) is 3.58. The maximum absolute atomic E-state index is 5.33. The first-order chi connectivity index (χ1) is 6.45. The summed E-state index contributed by atoms with van der Waals surface area (Å²) in [7, 11) is 0. The highest BCUT2D eigenvalue weighted by Crippen LogP contribution is 2.15. The van der Waals surface area contributed by atoms with Crippen LogP contribution < -0.4 is 5.32 Å². The molecule has 3 heteroatoms. The molecule has 76 valence electrons. The molecule has 0 saturated carbocycles. The zero-order chi connectivity index (χ0) is 8.93. The van der Waals surface area contributed by atoms with Crippen molar-refractivity contribution >= 4 is 0 Å². The van der Waals surface area contributed by atoms with Crippen molar-refractivity contribution in [2.75, 3.05) is 33.0 Å². The minimum Gasteiger partial charge on any atom is -0.381 e.